The molecule has 2 fully saturated rings. The van der Waals surface area contributed by atoms with E-state index in [0.29, 0.717) is 11.5 Å². The van der Waals surface area contributed by atoms with Crippen LogP contribution in [0.2, 0.25) is 0 Å². The van der Waals surface area contributed by atoms with E-state index in [2.05, 4.69) is 23.9 Å². The van der Waals surface area contributed by atoms with Crippen LogP contribution in [0.25, 0.3) is 0 Å². The van der Waals surface area contributed by atoms with E-state index in [1.54, 1.807) is 0 Å². The average Bonchev–Trinajstić information content (AvgIpc) is 3.08. The largest absolute Gasteiger partial charge is 0.370 e. The fourth-order valence-corrected chi connectivity index (χ4v) is 2.20. The molecule has 2 N–H and O–H groups in total. The molecule has 2 rings (SSSR count). The van der Waals surface area contributed by atoms with E-state index in [0.717, 1.165) is 12.5 Å². The molecule has 16 heavy (non-hydrogen) atoms. The summed E-state index contributed by atoms with van der Waals surface area (Å²) in [5.74, 6) is 0.750. The second-order valence-electron chi connectivity index (χ2n) is 5.27. The van der Waals surface area contributed by atoms with Gasteiger partial charge in [-0.15, -0.1) is 24.0 Å². The molecule has 94 valence electrons. The van der Waals surface area contributed by atoms with Crippen molar-refractivity contribution in [2.24, 2.45) is 16.1 Å². The van der Waals surface area contributed by atoms with Gasteiger partial charge >= 0.3 is 0 Å². The van der Waals surface area contributed by atoms with Gasteiger partial charge in [-0.2, -0.15) is 0 Å². The van der Waals surface area contributed by atoms with Crippen LogP contribution in [0.3, 0.4) is 0 Å². The molecule has 0 aromatic heterocycles. The van der Waals surface area contributed by atoms with Crippen molar-refractivity contribution < 1.29 is 0 Å². The lowest BCUT2D eigenvalue weighted by Gasteiger charge is -2.18. The van der Waals surface area contributed by atoms with Gasteiger partial charge in [-0.25, -0.2) is 0 Å². The second kappa shape index (κ2) is 5.56. The van der Waals surface area contributed by atoms with Crippen molar-refractivity contribution in [3.8, 4) is 0 Å². The molecular formula is C12H24IN3. The van der Waals surface area contributed by atoms with E-state index in [-0.39, 0.29) is 24.0 Å². The second-order valence-corrected chi connectivity index (χ2v) is 5.27. The molecule has 0 amide bonds. The Balaban J connectivity index is 0.00000128. The number of guanidine groups is 1. The standard InChI is InChI=1S/C12H23N3.HI/c1-3-6-12(7-8-12)9-14-11(13)15(2)10-4-5-10;/h10H,3-9H2,1-2H3,(H2,13,14);1H. The van der Waals surface area contributed by atoms with Crippen LogP contribution >= 0.6 is 24.0 Å². The molecule has 2 aliphatic carbocycles. The third kappa shape index (κ3) is 3.50. The number of nitrogens with two attached hydrogens (primary N) is 1. The number of halogens is 1. The SMILES string of the molecule is CCCC1(CN=C(N)N(C)C2CC2)CC1.I. The highest BCUT2D eigenvalue weighted by molar-refractivity contribution is 14.0. The first-order valence-electron chi connectivity index (χ1n) is 6.20. The van der Waals surface area contributed by atoms with Crippen LogP contribution in [0.1, 0.15) is 45.4 Å². The van der Waals surface area contributed by atoms with E-state index >= 15 is 0 Å². The maximum absolute atomic E-state index is 5.97. The fourth-order valence-electron chi connectivity index (χ4n) is 2.20. The number of hydrogen-bond acceptors (Lipinski definition) is 1. The van der Waals surface area contributed by atoms with Gasteiger partial charge in [-0.1, -0.05) is 13.3 Å². The quantitative estimate of drug-likeness (QED) is 0.476. The smallest absolute Gasteiger partial charge is 0.191 e. The van der Waals surface area contributed by atoms with Crippen LogP contribution in [0.15, 0.2) is 4.99 Å². The van der Waals surface area contributed by atoms with Gasteiger partial charge in [-0.3, -0.25) is 4.99 Å². The van der Waals surface area contributed by atoms with Crippen molar-refractivity contribution in [1.29, 1.82) is 0 Å². The monoisotopic (exact) mass is 337 g/mol. The molecule has 3 nitrogen and oxygen atoms in total. The first-order chi connectivity index (χ1) is 7.17. The third-order valence-corrected chi connectivity index (χ3v) is 3.77. The summed E-state index contributed by atoms with van der Waals surface area (Å²) in [5, 5.41) is 0. The highest BCUT2D eigenvalue weighted by atomic mass is 127. The molecule has 2 aliphatic rings. The maximum atomic E-state index is 5.97. The molecular weight excluding hydrogens is 313 g/mol. The minimum absolute atomic E-state index is 0. The zero-order chi connectivity index (χ0) is 10.9. The van der Waals surface area contributed by atoms with Gasteiger partial charge in [0.15, 0.2) is 5.96 Å². The highest BCUT2D eigenvalue weighted by Gasteiger charge is 2.41. The molecule has 0 heterocycles. The van der Waals surface area contributed by atoms with Crippen molar-refractivity contribution in [1.82, 2.24) is 4.90 Å². The molecule has 0 unspecified atom stereocenters. The topological polar surface area (TPSA) is 41.6 Å². The van der Waals surface area contributed by atoms with Crippen molar-refractivity contribution in [2.45, 2.75) is 51.5 Å². The van der Waals surface area contributed by atoms with Crippen LogP contribution < -0.4 is 5.73 Å². The normalized spacial score (nSPS) is 22.5. The lowest BCUT2D eigenvalue weighted by Crippen LogP contribution is -2.36. The molecule has 0 aromatic carbocycles. The van der Waals surface area contributed by atoms with Gasteiger partial charge in [0.25, 0.3) is 0 Å². The van der Waals surface area contributed by atoms with Crippen molar-refractivity contribution >= 4 is 29.9 Å². The highest BCUT2D eigenvalue weighted by Crippen LogP contribution is 2.49. The van der Waals surface area contributed by atoms with Crippen LogP contribution in [-0.2, 0) is 0 Å². The summed E-state index contributed by atoms with van der Waals surface area (Å²) < 4.78 is 0. The summed E-state index contributed by atoms with van der Waals surface area (Å²) in [5.41, 5.74) is 6.50. The van der Waals surface area contributed by atoms with E-state index in [4.69, 9.17) is 5.73 Å². The Kier molecular flexibility index (Phi) is 4.88. The number of nitrogens with zero attached hydrogens (tertiary/aromatic N) is 2. The van der Waals surface area contributed by atoms with Gasteiger partial charge < -0.3 is 10.6 Å². The van der Waals surface area contributed by atoms with Crippen LogP contribution in [-0.4, -0.2) is 30.5 Å². The molecule has 0 atom stereocenters. The summed E-state index contributed by atoms with van der Waals surface area (Å²) in [6, 6.07) is 0.676. The minimum Gasteiger partial charge on any atom is -0.370 e. The minimum atomic E-state index is 0. The average molecular weight is 337 g/mol. The Morgan fingerprint density at radius 3 is 2.50 bits per heavy atom. The van der Waals surface area contributed by atoms with Crippen molar-refractivity contribution in [3.05, 3.63) is 0 Å². The predicted molar refractivity (Wildman–Crippen MR) is 79.3 cm³/mol. The van der Waals surface area contributed by atoms with Crippen LogP contribution in [0.5, 0.6) is 0 Å². The van der Waals surface area contributed by atoms with Gasteiger partial charge in [0.1, 0.15) is 0 Å². The number of rotatable bonds is 5. The first-order valence-corrected chi connectivity index (χ1v) is 6.20. The summed E-state index contributed by atoms with van der Waals surface area (Å²) in [6.45, 7) is 3.20. The lowest BCUT2D eigenvalue weighted by molar-refractivity contribution is 0.454. The van der Waals surface area contributed by atoms with Crippen molar-refractivity contribution in [3.63, 3.8) is 0 Å². The summed E-state index contributed by atoms with van der Waals surface area (Å²) in [4.78, 5) is 6.70. The maximum Gasteiger partial charge on any atom is 0.191 e. The molecule has 0 aliphatic heterocycles. The molecule has 4 heteroatoms. The summed E-state index contributed by atoms with van der Waals surface area (Å²) in [7, 11) is 2.07. The van der Waals surface area contributed by atoms with Crippen molar-refractivity contribution in [2.75, 3.05) is 13.6 Å². The van der Waals surface area contributed by atoms with Crippen LogP contribution in [0, 0.1) is 5.41 Å². The van der Waals surface area contributed by atoms with E-state index in [9.17, 15) is 0 Å². The predicted octanol–water partition coefficient (Wildman–Crippen LogP) is 2.59. The summed E-state index contributed by atoms with van der Waals surface area (Å²) >= 11 is 0. The Labute approximate surface area is 116 Å². The third-order valence-electron chi connectivity index (χ3n) is 3.77. The Hall–Kier alpha value is 0. The first kappa shape index (κ1) is 14.1. The molecule has 0 aromatic rings. The molecule has 0 spiro atoms. The van der Waals surface area contributed by atoms with Gasteiger partial charge in [0, 0.05) is 19.6 Å². The number of aliphatic imine (C=N–C) groups is 1. The Bertz CT molecular complexity index is 257. The van der Waals surface area contributed by atoms with E-state index in [1.165, 1.54) is 38.5 Å². The van der Waals surface area contributed by atoms with Crippen LogP contribution in [0.4, 0.5) is 0 Å². The Morgan fingerprint density at radius 2 is 2.06 bits per heavy atom. The van der Waals surface area contributed by atoms with Gasteiger partial charge in [0.2, 0.25) is 0 Å². The molecule has 0 bridgehead atoms. The molecule has 0 radical (unpaired) electrons. The zero-order valence-corrected chi connectivity index (χ0v) is 12.7. The van der Waals surface area contributed by atoms with E-state index in [1.807, 2.05) is 0 Å². The fraction of sp³-hybridized carbons (Fsp3) is 0.917. The van der Waals surface area contributed by atoms with E-state index < -0.39 is 0 Å². The lowest BCUT2D eigenvalue weighted by atomic mass is 10.0. The zero-order valence-electron chi connectivity index (χ0n) is 10.4. The summed E-state index contributed by atoms with van der Waals surface area (Å²) in [6.07, 6.45) is 7.86. The molecule has 0 saturated heterocycles. The van der Waals surface area contributed by atoms with Gasteiger partial charge in [-0.05, 0) is 37.5 Å². The molecule has 2 saturated carbocycles. The Morgan fingerprint density at radius 1 is 1.44 bits per heavy atom. The number of hydrogen-bond donors (Lipinski definition) is 1. The van der Waals surface area contributed by atoms with Gasteiger partial charge in [0.05, 0.1) is 0 Å².